The fourth-order valence-corrected chi connectivity index (χ4v) is 0.771. The predicted octanol–water partition coefficient (Wildman–Crippen LogP) is 1.42. The Hall–Kier alpha value is -0.990. The lowest BCUT2D eigenvalue weighted by Crippen LogP contribution is -1.90. The molecular formula is C7H13N3. The summed E-state index contributed by atoms with van der Waals surface area (Å²) < 4.78 is 0. The van der Waals surface area contributed by atoms with E-state index in [1.54, 1.807) is 0 Å². The van der Waals surface area contributed by atoms with Crippen molar-refractivity contribution in [3.63, 3.8) is 0 Å². The van der Waals surface area contributed by atoms with E-state index in [-0.39, 0.29) is 0 Å². The van der Waals surface area contributed by atoms with Crippen LogP contribution in [0.2, 0.25) is 0 Å². The van der Waals surface area contributed by atoms with Crippen molar-refractivity contribution in [3.05, 3.63) is 11.5 Å². The molecule has 1 aromatic rings. The van der Waals surface area contributed by atoms with Crippen LogP contribution in [0, 0.1) is 6.92 Å². The molecule has 3 nitrogen and oxygen atoms in total. The third-order valence-electron chi connectivity index (χ3n) is 1.49. The molecule has 1 heterocycles. The van der Waals surface area contributed by atoms with Gasteiger partial charge in [0.15, 0.2) is 0 Å². The van der Waals surface area contributed by atoms with Crippen molar-refractivity contribution in [1.82, 2.24) is 9.97 Å². The zero-order chi connectivity index (χ0) is 7.72. The van der Waals surface area contributed by atoms with Crippen LogP contribution >= 0.6 is 0 Å². The van der Waals surface area contributed by atoms with Gasteiger partial charge in [-0.05, 0) is 6.92 Å². The van der Waals surface area contributed by atoms with Crippen LogP contribution in [0.25, 0.3) is 0 Å². The van der Waals surface area contributed by atoms with Crippen molar-refractivity contribution >= 4 is 5.82 Å². The number of nitrogens with one attached hydrogen (secondary N) is 1. The molecule has 0 radical (unpaired) electrons. The molecule has 0 unspecified atom stereocenters. The minimum atomic E-state index is 0.427. The molecule has 1 aromatic heterocycles. The van der Waals surface area contributed by atoms with Gasteiger partial charge in [0.05, 0.1) is 5.69 Å². The van der Waals surface area contributed by atoms with Gasteiger partial charge in [0.1, 0.15) is 11.6 Å². The highest BCUT2D eigenvalue weighted by atomic mass is 15.0. The summed E-state index contributed by atoms with van der Waals surface area (Å²) in [6.45, 7) is 6.09. The Morgan fingerprint density at radius 1 is 1.50 bits per heavy atom. The van der Waals surface area contributed by atoms with Crippen LogP contribution in [0.1, 0.15) is 31.3 Å². The number of hydrogen-bond donors (Lipinski definition) is 2. The minimum absolute atomic E-state index is 0.427. The highest BCUT2D eigenvalue weighted by molar-refractivity contribution is 5.34. The number of rotatable bonds is 1. The van der Waals surface area contributed by atoms with Gasteiger partial charge in [-0.2, -0.15) is 0 Å². The third-order valence-corrected chi connectivity index (χ3v) is 1.49. The molecule has 0 aliphatic heterocycles. The first-order chi connectivity index (χ1) is 4.61. The van der Waals surface area contributed by atoms with Crippen molar-refractivity contribution in [1.29, 1.82) is 0 Å². The Balaban J connectivity index is 2.98. The third kappa shape index (κ3) is 1.12. The average Bonchev–Trinajstić information content (AvgIpc) is 2.13. The number of nitrogen functional groups attached to an aromatic ring is 1. The molecule has 0 atom stereocenters. The highest BCUT2D eigenvalue weighted by Crippen LogP contribution is 2.13. The number of H-pyrrole nitrogens is 1. The number of aromatic amines is 1. The Morgan fingerprint density at radius 3 is 2.30 bits per heavy atom. The zero-order valence-electron chi connectivity index (χ0n) is 6.60. The topological polar surface area (TPSA) is 54.7 Å². The molecule has 0 aromatic carbocycles. The molecule has 56 valence electrons. The molecule has 0 aliphatic rings. The molecule has 0 saturated carbocycles. The summed E-state index contributed by atoms with van der Waals surface area (Å²) in [6.07, 6.45) is 0. The second kappa shape index (κ2) is 2.33. The molecule has 3 heteroatoms. The fraction of sp³-hybridized carbons (Fsp3) is 0.571. The summed E-state index contributed by atoms with van der Waals surface area (Å²) in [5, 5.41) is 0. The summed E-state index contributed by atoms with van der Waals surface area (Å²) in [4.78, 5) is 7.24. The van der Waals surface area contributed by atoms with E-state index >= 15 is 0 Å². The van der Waals surface area contributed by atoms with Crippen LogP contribution in [0.15, 0.2) is 0 Å². The van der Waals surface area contributed by atoms with Gasteiger partial charge in [0.2, 0.25) is 0 Å². The van der Waals surface area contributed by atoms with E-state index in [1.165, 1.54) is 0 Å². The van der Waals surface area contributed by atoms with Crippen LogP contribution < -0.4 is 5.73 Å². The molecule has 10 heavy (non-hydrogen) atoms. The van der Waals surface area contributed by atoms with Gasteiger partial charge in [-0.1, -0.05) is 13.8 Å². The molecular weight excluding hydrogens is 126 g/mol. The van der Waals surface area contributed by atoms with E-state index in [9.17, 15) is 0 Å². The van der Waals surface area contributed by atoms with E-state index in [4.69, 9.17) is 5.73 Å². The number of hydrogen-bond acceptors (Lipinski definition) is 2. The largest absolute Gasteiger partial charge is 0.382 e. The molecule has 0 amide bonds. The Bertz CT molecular complexity index is 205. The number of imidazole rings is 1. The lowest BCUT2D eigenvalue weighted by atomic mass is 10.2. The number of nitrogens with two attached hydrogens (primary N) is 1. The summed E-state index contributed by atoms with van der Waals surface area (Å²) in [7, 11) is 0. The number of aromatic nitrogens is 2. The minimum Gasteiger partial charge on any atom is -0.382 e. The van der Waals surface area contributed by atoms with Crippen LogP contribution in [0.3, 0.4) is 0 Å². The maximum absolute atomic E-state index is 5.54. The van der Waals surface area contributed by atoms with Gasteiger partial charge in [0, 0.05) is 5.92 Å². The SMILES string of the molecule is Cc1[nH]c(C(C)C)nc1N. The van der Waals surface area contributed by atoms with Crippen LogP contribution in [0.5, 0.6) is 0 Å². The second-order valence-corrected chi connectivity index (χ2v) is 2.79. The smallest absolute Gasteiger partial charge is 0.144 e. The van der Waals surface area contributed by atoms with Crippen molar-refractivity contribution < 1.29 is 0 Å². The lowest BCUT2D eigenvalue weighted by Gasteiger charge is -1.95. The zero-order valence-corrected chi connectivity index (χ0v) is 6.60. The highest BCUT2D eigenvalue weighted by Gasteiger charge is 2.05. The summed E-state index contributed by atoms with van der Waals surface area (Å²) in [6, 6.07) is 0. The molecule has 1 rings (SSSR count). The van der Waals surface area contributed by atoms with Crippen molar-refractivity contribution in [2.45, 2.75) is 26.7 Å². The maximum atomic E-state index is 5.54. The van der Waals surface area contributed by atoms with Gasteiger partial charge in [0.25, 0.3) is 0 Å². The van der Waals surface area contributed by atoms with Crippen molar-refractivity contribution in [3.8, 4) is 0 Å². The molecule has 0 bridgehead atoms. The molecule has 0 aliphatic carbocycles. The number of aryl methyl sites for hydroxylation is 1. The molecule has 0 spiro atoms. The second-order valence-electron chi connectivity index (χ2n) is 2.79. The Kier molecular flexibility index (Phi) is 1.66. The normalized spacial score (nSPS) is 10.8. The first-order valence-corrected chi connectivity index (χ1v) is 3.43. The van der Waals surface area contributed by atoms with E-state index in [2.05, 4.69) is 23.8 Å². The first-order valence-electron chi connectivity index (χ1n) is 3.43. The van der Waals surface area contributed by atoms with Crippen LogP contribution in [-0.4, -0.2) is 9.97 Å². The van der Waals surface area contributed by atoms with Crippen LogP contribution in [0.4, 0.5) is 5.82 Å². The fourth-order valence-electron chi connectivity index (χ4n) is 0.771. The quantitative estimate of drug-likeness (QED) is 0.618. The molecule has 3 N–H and O–H groups in total. The Labute approximate surface area is 60.7 Å². The van der Waals surface area contributed by atoms with Gasteiger partial charge in [-0.3, -0.25) is 0 Å². The van der Waals surface area contributed by atoms with E-state index in [1.807, 2.05) is 6.92 Å². The molecule has 0 saturated heterocycles. The first kappa shape index (κ1) is 7.12. The van der Waals surface area contributed by atoms with E-state index in [0.29, 0.717) is 11.7 Å². The average molecular weight is 139 g/mol. The maximum Gasteiger partial charge on any atom is 0.144 e. The van der Waals surface area contributed by atoms with Crippen molar-refractivity contribution in [2.75, 3.05) is 5.73 Å². The van der Waals surface area contributed by atoms with Gasteiger partial charge in [-0.15, -0.1) is 0 Å². The monoisotopic (exact) mass is 139 g/mol. The van der Waals surface area contributed by atoms with E-state index < -0.39 is 0 Å². The summed E-state index contributed by atoms with van der Waals surface area (Å²) in [5.41, 5.74) is 6.50. The predicted molar refractivity (Wildman–Crippen MR) is 41.8 cm³/mol. The van der Waals surface area contributed by atoms with Crippen LogP contribution in [-0.2, 0) is 0 Å². The summed E-state index contributed by atoms with van der Waals surface area (Å²) >= 11 is 0. The standard InChI is InChI=1S/C7H13N3/c1-4(2)7-9-5(3)6(8)10-7/h4H,8H2,1-3H3,(H,9,10). The molecule has 0 fully saturated rings. The van der Waals surface area contributed by atoms with Gasteiger partial charge in [-0.25, -0.2) is 4.98 Å². The van der Waals surface area contributed by atoms with Gasteiger partial charge < -0.3 is 10.7 Å². The summed E-state index contributed by atoms with van der Waals surface area (Å²) in [5.74, 6) is 2.01. The Morgan fingerprint density at radius 2 is 2.10 bits per heavy atom. The number of nitrogens with zero attached hydrogens (tertiary/aromatic N) is 1. The van der Waals surface area contributed by atoms with E-state index in [0.717, 1.165) is 11.5 Å². The lowest BCUT2D eigenvalue weighted by molar-refractivity contribution is 0.792. The van der Waals surface area contributed by atoms with Gasteiger partial charge >= 0.3 is 0 Å². The number of anilines is 1. The van der Waals surface area contributed by atoms with Crippen molar-refractivity contribution in [2.24, 2.45) is 0 Å².